The van der Waals surface area contributed by atoms with Gasteiger partial charge < -0.3 is 9.47 Å². The second kappa shape index (κ2) is 4.80. The summed E-state index contributed by atoms with van der Waals surface area (Å²) in [6.07, 6.45) is 3.89. The third-order valence-corrected chi connectivity index (χ3v) is 5.11. The van der Waals surface area contributed by atoms with Crippen molar-refractivity contribution >= 4 is 5.97 Å². The topological polar surface area (TPSA) is 65.0 Å². The molecule has 1 fully saturated rings. The Morgan fingerprint density at radius 1 is 1.52 bits per heavy atom. The molecular formula is C16H20O5. The number of carbonyl (C=O) groups is 1. The minimum atomic E-state index is -0.910. The quantitative estimate of drug-likeness (QED) is 0.366. The van der Waals surface area contributed by atoms with Crippen molar-refractivity contribution in [2.75, 3.05) is 7.11 Å². The number of carbonyl (C=O) groups excluding carboxylic acids is 1. The molecule has 0 bridgehead atoms. The van der Waals surface area contributed by atoms with Gasteiger partial charge in [-0.1, -0.05) is 12.7 Å². The van der Waals surface area contributed by atoms with E-state index in [0.29, 0.717) is 12.0 Å². The zero-order chi connectivity index (χ0) is 15.4. The van der Waals surface area contributed by atoms with Crippen LogP contribution in [0.15, 0.2) is 35.5 Å². The fourth-order valence-electron chi connectivity index (χ4n) is 3.81. The third-order valence-electron chi connectivity index (χ3n) is 5.11. The molecule has 21 heavy (non-hydrogen) atoms. The van der Waals surface area contributed by atoms with Crippen LogP contribution in [0.5, 0.6) is 0 Å². The fourth-order valence-corrected chi connectivity index (χ4v) is 3.81. The monoisotopic (exact) mass is 292 g/mol. The molecule has 0 saturated carbocycles. The number of methoxy groups -OCH3 is 1. The summed E-state index contributed by atoms with van der Waals surface area (Å²) >= 11 is 0. The van der Waals surface area contributed by atoms with Gasteiger partial charge >= 0.3 is 5.97 Å². The van der Waals surface area contributed by atoms with E-state index in [4.69, 9.17) is 14.4 Å². The molecule has 1 heterocycles. The van der Waals surface area contributed by atoms with Crippen molar-refractivity contribution < 1.29 is 24.4 Å². The van der Waals surface area contributed by atoms with Gasteiger partial charge in [-0.2, -0.15) is 0 Å². The molecule has 0 spiro atoms. The highest BCUT2D eigenvalue weighted by atomic mass is 17.1. The highest BCUT2D eigenvalue weighted by Gasteiger charge is 2.55. The molecule has 0 aromatic carbocycles. The van der Waals surface area contributed by atoms with Gasteiger partial charge in [0.25, 0.3) is 0 Å². The first-order chi connectivity index (χ1) is 9.92. The Kier molecular flexibility index (Phi) is 3.31. The van der Waals surface area contributed by atoms with Crippen LogP contribution < -0.4 is 0 Å². The van der Waals surface area contributed by atoms with E-state index in [1.165, 1.54) is 0 Å². The predicted molar refractivity (Wildman–Crippen MR) is 75.4 cm³/mol. The van der Waals surface area contributed by atoms with Gasteiger partial charge in [-0.3, -0.25) is 5.26 Å². The minimum Gasteiger partial charge on any atom is -0.458 e. The van der Waals surface area contributed by atoms with E-state index in [1.54, 1.807) is 20.1 Å². The van der Waals surface area contributed by atoms with Crippen LogP contribution in [0.1, 0.15) is 20.3 Å². The Morgan fingerprint density at radius 3 is 2.86 bits per heavy atom. The maximum absolute atomic E-state index is 11.9. The highest BCUT2D eigenvalue weighted by Crippen LogP contribution is 2.50. The van der Waals surface area contributed by atoms with Crippen molar-refractivity contribution in [1.29, 1.82) is 0 Å². The average Bonchev–Trinajstić information content (AvgIpc) is 2.91. The first kappa shape index (κ1) is 14.5. The summed E-state index contributed by atoms with van der Waals surface area (Å²) in [6.45, 7) is 7.67. The Hall–Kier alpha value is -1.43. The zero-order valence-electron chi connectivity index (χ0n) is 12.5. The molecule has 5 heteroatoms. The molecule has 0 radical (unpaired) electrons. The van der Waals surface area contributed by atoms with Gasteiger partial charge in [0, 0.05) is 18.6 Å². The van der Waals surface area contributed by atoms with Crippen LogP contribution in [0, 0.1) is 11.8 Å². The fraction of sp³-hybridized carbons (Fsp3) is 0.562. The lowest BCUT2D eigenvalue weighted by atomic mass is 9.79. The Balaban J connectivity index is 2.12. The van der Waals surface area contributed by atoms with E-state index in [-0.39, 0.29) is 30.0 Å². The lowest BCUT2D eigenvalue weighted by Gasteiger charge is -2.33. The first-order valence-electron chi connectivity index (χ1n) is 7.08. The second-order valence-corrected chi connectivity index (χ2v) is 6.19. The molecule has 0 aromatic rings. The smallest absolute Gasteiger partial charge is 0.334 e. The van der Waals surface area contributed by atoms with Gasteiger partial charge in [0.15, 0.2) is 0 Å². The number of hydrogen-bond donors (Lipinski definition) is 1. The molecule has 0 amide bonds. The van der Waals surface area contributed by atoms with Gasteiger partial charge in [-0.15, -0.1) is 0 Å². The van der Waals surface area contributed by atoms with Gasteiger partial charge in [0.2, 0.25) is 0 Å². The van der Waals surface area contributed by atoms with Crippen LogP contribution in [0.4, 0.5) is 0 Å². The standard InChI is InChI=1S/C16H20O5/c1-8-10-5-6-16(3,21-18)13(10)14-11(7-12(8)19-4)9(2)15(17)20-14/h5-6,11-14,18H,2,7H2,1,3-4H3. The van der Waals surface area contributed by atoms with Crippen molar-refractivity contribution in [3.8, 4) is 0 Å². The molecule has 0 aromatic heterocycles. The minimum absolute atomic E-state index is 0.102. The summed E-state index contributed by atoms with van der Waals surface area (Å²) in [5.74, 6) is -0.754. The normalized spacial score (nSPS) is 41.9. The maximum atomic E-state index is 11.9. The number of hydrogen-bond acceptors (Lipinski definition) is 5. The van der Waals surface area contributed by atoms with Crippen LogP contribution in [0.3, 0.4) is 0 Å². The van der Waals surface area contributed by atoms with Crippen molar-refractivity contribution in [1.82, 2.24) is 0 Å². The lowest BCUT2D eigenvalue weighted by molar-refractivity contribution is -0.316. The molecule has 5 atom stereocenters. The van der Waals surface area contributed by atoms with Gasteiger partial charge in [0.05, 0.1) is 12.0 Å². The van der Waals surface area contributed by atoms with E-state index >= 15 is 0 Å². The molecule has 3 aliphatic rings. The molecule has 1 saturated heterocycles. The van der Waals surface area contributed by atoms with E-state index in [1.807, 2.05) is 13.0 Å². The Morgan fingerprint density at radius 2 is 2.24 bits per heavy atom. The summed E-state index contributed by atoms with van der Waals surface area (Å²) < 4.78 is 11.1. The van der Waals surface area contributed by atoms with Crippen molar-refractivity contribution in [3.05, 3.63) is 35.5 Å². The summed E-state index contributed by atoms with van der Waals surface area (Å²) in [5.41, 5.74) is 1.65. The molecule has 1 N–H and O–H groups in total. The highest BCUT2D eigenvalue weighted by molar-refractivity contribution is 5.91. The van der Waals surface area contributed by atoms with Gasteiger partial charge in [0.1, 0.15) is 11.7 Å². The van der Waals surface area contributed by atoms with Crippen LogP contribution in [-0.4, -0.2) is 36.1 Å². The Labute approximate surface area is 123 Å². The number of fused-ring (bicyclic) bond motifs is 3. The molecule has 5 nitrogen and oxygen atoms in total. The molecule has 114 valence electrons. The van der Waals surface area contributed by atoms with Gasteiger partial charge in [-0.05, 0) is 37.5 Å². The number of rotatable bonds is 2. The SMILES string of the molecule is C=C1C(=O)OC2C1CC(OC)C(C)=C1C=CC(C)(OO)C12. The molecular weight excluding hydrogens is 272 g/mol. The van der Waals surface area contributed by atoms with E-state index in [0.717, 1.165) is 11.1 Å². The van der Waals surface area contributed by atoms with Crippen molar-refractivity contribution in [3.63, 3.8) is 0 Å². The van der Waals surface area contributed by atoms with E-state index in [9.17, 15) is 10.1 Å². The van der Waals surface area contributed by atoms with Crippen LogP contribution in [0.2, 0.25) is 0 Å². The summed E-state index contributed by atoms with van der Waals surface area (Å²) in [7, 11) is 1.66. The predicted octanol–water partition coefficient (Wildman–Crippen LogP) is 2.25. The second-order valence-electron chi connectivity index (χ2n) is 6.19. The Bertz CT molecular complexity index is 561. The number of ether oxygens (including phenoxy) is 2. The van der Waals surface area contributed by atoms with Gasteiger partial charge in [-0.25, -0.2) is 9.68 Å². The third kappa shape index (κ3) is 1.92. The van der Waals surface area contributed by atoms with Crippen molar-refractivity contribution in [2.24, 2.45) is 11.8 Å². The molecule has 3 rings (SSSR count). The first-order valence-corrected chi connectivity index (χ1v) is 7.08. The molecule has 5 unspecified atom stereocenters. The molecule has 1 aliphatic heterocycles. The molecule has 2 aliphatic carbocycles. The van der Waals surface area contributed by atoms with E-state index < -0.39 is 5.60 Å². The van der Waals surface area contributed by atoms with Crippen LogP contribution >= 0.6 is 0 Å². The number of allylic oxidation sites excluding steroid dienone is 1. The summed E-state index contributed by atoms with van der Waals surface area (Å²) in [6, 6.07) is 0. The largest absolute Gasteiger partial charge is 0.458 e. The van der Waals surface area contributed by atoms with Crippen LogP contribution in [0.25, 0.3) is 0 Å². The average molecular weight is 292 g/mol. The van der Waals surface area contributed by atoms with E-state index in [2.05, 4.69) is 6.58 Å². The van der Waals surface area contributed by atoms with Crippen molar-refractivity contribution in [2.45, 2.75) is 38.1 Å². The summed E-state index contributed by atoms with van der Waals surface area (Å²) in [5, 5.41) is 9.35. The van der Waals surface area contributed by atoms with Crippen LogP contribution in [-0.2, 0) is 19.2 Å². The number of esters is 1. The summed E-state index contributed by atoms with van der Waals surface area (Å²) in [4.78, 5) is 16.7. The zero-order valence-corrected chi connectivity index (χ0v) is 12.5. The maximum Gasteiger partial charge on any atom is 0.334 e. The lowest BCUT2D eigenvalue weighted by Crippen LogP contribution is -2.42.